The minimum Gasteiger partial charge on any atom is -0.497 e. The number of hydrazone groups is 1. The highest BCUT2D eigenvalue weighted by atomic mass is 32.2. The number of carbonyl (C=O) groups is 1. The molecule has 1 amide bonds. The molecule has 2 aliphatic rings. The summed E-state index contributed by atoms with van der Waals surface area (Å²) in [4.78, 5) is 41.1. The Morgan fingerprint density at radius 1 is 1.21 bits per heavy atom. The molecule has 0 spiro atoms. The number of thiazole rings is 1. The van der Waals surface area contributed by atoms with Crippen LogP contribution >= 0.6 is 23.1 Å². The van der Waals surface area contributed by atoms with Crippen LogP contribution in [0.5, 0.6) is 5.75 Å². The summed E-state index contributed by atoms with van der Waals surface area (Å²) in [6.45, 7) is 8.32. The Balaban J connectivity index is 1.71. The van der Waals surface area contributed by atoms with E-state index in [9.17, 15) is 19.7 Å². The number of thioether (sulfide) groups is 1. The molecule has 2 aliphatic heterocycles. The summed E-state index contributed by atoms with van der Waals surface area (Å²) in [6, 6.07) is 11.5. The number of nitro benzene ring substituents is 1. The van der Waals surface area contributed by atoms with Gasteiger partial charge in [0.2, 0.25) is 0 Å². The highest BCUT2D eigenvalue weighted by molar-refractivity contribution is 8.08. The molecule has 5 rings (SSSR count). The number of methoxy groups -OCH3 is 1. The Morgan fingerprint density at radius 2 is 2.00 bits per heavy atom. The topological polar surface area (TPSA) is 110 Å². The number of benzene rings is 2. The highest BCUT2D eigenvalue weighted by Crippen LogP contribution is 2.47. The van der Waals surface area contributed by atoms with E-state index in [1.54, 1.807) is 26.2 Å². The molecule has 1 aromatic heterocycles. The first-order chi connectivity index (χ1) is 18.3. The van der Waals surface area contributed by atoms with E-state index < -0.39 is 10.8 Å². The number of nitro groups is 1. The molecule has 0 saturated heterocycles. The number of non-ortho nitro benzene ring substituents is 1. The summed E-state index contributed by atoms with van der Waals surface area (Å²) in [5.41, 5.74) is 1.54. The molecule has 0 radical (unpaired) electrons. The average molecular weight is 550 g/mol. The zero-order chi connectivity index (χ0) is 27.1. The van der Waals surface area contributed by atoms with Gasteiger partial charge in [-0.2, -0.15) is 10.1 Å². The van der Waals surface area contributed by atoms with Crippen LogP contribution in [-0.2, 0) is 11.3 Å². The van der Waals surface area contributed by atoms with Crippen molar-refractivity contribution in [2.75, 3.05) is 23.6 Å². The van der Waals surface area contributed by atoms with Gasteiger partial charge in [-0.3, -0.25) is 24.3 Å². The van der Waals surface area contributed by atoms with Crippen LogP contribution in [-0.4, -0.2) is 34.8 Å². The summed E-state index contributed by atoms with van der Waals surface area (Å²) in [7, 11) is 1.61. The van der Waals surface area contributed by atoms with E-state index >= 15 is 0 Å². The van der Waals surface area contributed by atoms with Crippen LogP contribution in [0.2, 0.25) is 0 Å². The molecule has 12 heteroatoms. The van der Waals surface area contributed by atoms with Gasteiger partial charge < -0.3 is 9.64 Å². The first-order valence-electron chi connectivity index (χ1n) is 11.7. The van der Waals surface area contributed by atoms with E-state index in [1.807, 2.05) is 25.1 Å². The van der Waals surface area contributed by atoms with Crippen LogP contribution in [0.4, 0.5) is 17.1 Å². The van der Waals surface area contributed by atoms with Gasteiger partial charge >= 0.3 is 0 Å². The van der Waals surface area contributed by atoms with E-state index in [-0.39, 0.29) is 29.1 Å². The van der Waals surface area contributed by atoms with Gasteiger partial charge in [-0.05, 0) is 32.0 Å². The Labute approximate surface area is 225 Å². The van der Waals surface area contributed by atoms with Gasteiger partial charge in [0, 0.05) is 36.2 Å². The Kier molecular flexibility index (Phi) is 6.67. The predicted octanol–water partition coefficient (Wildman–Crippen LogP) is 3.28. The van der Waals surface area contributed by atoms with Gasteiger partial charge in [0.15, 0.2) is 0 Å². The zero-order valence-corrected chi connectivity index (χ0v) is 22.5. The lowest BCUT2D eigenvalue weighted by Gasteiger charge is -2.17. The number of carbonyl (C=O) groups excluding carboxylic acids is 1. The maximum atomic E-state index is 13.7. The largest absolute Gasteiger partial charge is 0.497 e. The number of rotatable bonds is 6. The Bertz CT molecular complexity index is 1720. The van der Waals surface area contributed by atoms with Crippen LogP contribution in [0.15, 0.2) is 69.9 Å². The number of aromatic nitrogens is 1. The van der Waals surface area contributed by atoms with Crippen molar-refractivity contribution in [1.82, 2.24) is 4.57 Å². The molecular weight excluding hydrogens is 526 g/mol. The smallest absolute Gasteiger partial charge is 0.283 e. The first-order valence-corrected chi connectivity index (χ1v) is 13.3. The number of hydrogen-bond acceptors (Lipinski definition) is 9. The predicted molar refractivity (Wildman–Crippen MR) is 150 cm³/mol. The third-order valence-corrected chi connectivity index (χ3v) is 8.63. The summed E-state index contributed by atoms with van der Waals surface area (Å²) in [6.07, 6.45) is 1.61. The Hall–Kier alpha value is -4.16. The quantitative estimate of drug-likeness (QED) is 0.264. The second-order valence-electron chi connectivity index (χ2n) is 8.38. The van der Waals surface area contributed by atoms with Gasteiger partial charge in [0.1, 0.15) is 20.0 Å². The SMILES string of the molecule is C=CCn1c(=C2C(=O)N(c3cccc([N+](=O)[O-])c3)N=C2C)sc(=C2Sc3ccc(OC)cc3N2CC)c1=O. The molecule has 3 aromatic rings. The van der Waals surface area contributed by atoms with E-state index in [1.165, 1.54) is 45.9 Å². The van der Waals surface area contributed by atoms with Gasteiger partial charge in [0.25, 0.3) is 17.2 Å². The molecule has 0 N–H and O–H groups in total. The standard InChI is InChI=1S/C26H23N5O5S2/c1-5-12-29-24(33)22(26-28(6-2)19-14-18(36-4)10-11-20(19)37-26)38-25(29)21-15(3)27-30(23(21)32)16-8-7-9-17(13-16)31(34)35/h5,7-11,13-14H,1,6,12H2,2-4H3. The molecule has 10 nitrogen and oxygen atoms in total. The number of hydrogen-bond donors (Lipinski definition) is 0. The number of ether oxygens (including phenoxy) is 1. The van der Waals surface area contributed by atoms with Gasteiger partial charge in [-0.1, -0.05) is 23.9 Å². The van der Waals surface area contributed by atoms with Crippen LogP contribution in [0, 0.1) is 10.1 Å². The molecule has 2 aromatic carbocycles. The van der Waals surface area contributed by atoms with Crippen LogP contribution in [0.3, 0.4) is 0 Å². The van der Waals surface area contributed by atoms with Crippen molar-refractivity contribution in [1.29, 1.82) is 0 Å². The molecule has 0 saturated carbocycles. The maximum Gasteiger partial charge on any atom is 0.283 e. The van der Waals surface area contributed by atoms with Crippen molar-refractivity contribution >= 4 is 62.4 Å². The highest BCUT2D eigenvalue weighted by Gasteiger charge is 2.33. The van der Waals surface area contributed by atoms with Crippen molar-refractivity contribution in [3.8, 4) is 5.75 Å². The van der Waals surface area contributed by atoms with E-state index in [0.29, 0.717) is 21.5 Å². The number of anilines is 2. The molecule has 0 unspecified atom stereocenters. The lowest BCUT2D eigenvalue weighted by Crippen LogP contribution is -2.35. The Morgan fingerprint density at radius 3 is 2.68 bits per heavy atom. The van der Waals surface area contributed by atoms with Crippen molar-refractivity contribution in [3.63, 3.8) is 0 Å². The molecule has 0 fully saturated rings. The van der Waals surface area contributed by atoms with Crippen LogP contribution < -0.4 is 29.4 Å². The molecule has 0 aliphatic carbocycles. The third kappa shape index (κ3) is 4.11. The summed E-state index contributed by atoms with van der Waals surface area (Å²) in [5.74, 6) is 0.262. The number of amides is 1. The number of allylic oxidation sites excluding steroid dienone is 1. The second kappa shape index (κ2) is 9.95. The minimum atomic E-state index is -0.526. The molecule has 0 bridgehead atoms. The lowest BCUT2D eigenvalue weighted by atomic mass is 10.2. The van der Waals surface area contributed by atoms with Gasteiger partial charge in [-0.25, -0.2) is 0 Å². The van der Waals surface area contributed by atoms with Crippen molar-refractivity contribution in [2.45, 2.75) is 25.3 Å². The fourth-order valence-electron chi connectivity index (χ4n) is 4.36. The van der Waals surface area contributed by atoms with E-state index in [0.717, 1.165) is 26.4 Å². The van der Waals surface area contributed by atoms with Crippen LogP contribution in [0.25, 0.3) is 10.6 Å². The van der Waals surface area contributed by atoms with Crippen molar-refractivity contribution < 1.29 is 14.5 Å². The molecular formula is C26H23N5O5S2. The fourth-order valence-corrected chi connectivity index (χ4v) is 6.94. The lowest BCUT2D eigenvalue weighted by molar-refractivity contribution is -0.384. The average Bonchev–Trinajstić information content (AvgIpc) is 3.54. The molecule has 194 valence electrons. The summed E-state index contributed by atoms with van der Waals surface area (Å²) >= 11 is 2.73. The monoisotopic (exact) mass is 549 g/mol. The first kappa shape index (κ1) is 25.5. The molecule has 3 heterocycles. The van der Waals surface area contributed by atoms with Gasteiger partial charge in [0.05, 0.1) is 34.7 Å². The van der Waals surface area contributed by atoms with E-state index in [2.05, 4.69) is 16.6 Å². The summed E-state index contributed by atoms with van der Waals surface area (Å²) in [5, 5.41) is 17.6. The van der Waals surface area contributed by atoms with Crippen LogP contribution in [0.1, 0.15) is 13.8 Å². The second-order valence-corrected chi connectivity index (χ2v) is 10.4. The van der Waals surface area contributed by atoms with Crippen molar-refractivity contribution in [3.05, 3.63) is 84.8 Å². The fraction of sp³-hybridized carbons (Fsp3) is 0.192. The van der Waals surface area contributed by atoms with Crippen molar-refractivity contribution in [2.24, 2.45) is 5.10 Å². The number of nitrogens with zero attached hydrogens (tertiary/aromatic N) is 5. The van der Waals surface area contributed by atoms with Gasteiger partial charge in [-0.15, -0.1) is 17.9 Å². The molecule has 0 atom stereocenters. The minimum absolute atomic E-state index is 0.149. The maximum absolute atomic E-state index is 13.7. The normalized spacial score (nSPS) is 17.6. The molecule has 38 heavy (non-hydrogen) atoms. The third-order valence-electron chi connectivity index (χ3n) is 6.13. The zero-order valence-electron chi connectivity index (χ0n) is 20.8. The summed E-state index contributed by atoms with van der Waals surface area (Å²) < 4.78 is 7.89. The number of fused-ring (bicyclic) bond motifs is 1. The van der Waals surface area contributed by atoms with E-state index in [4.69, 9.17) is 4.74 Å².